The van der Waals surface area contributed by atoms with E-state index in [0.717, 1.165) is 33.4 Å². The number of oxime groups is 1. The Bertz CT molecular complexity index is 4240. The Morgan fingerprint density at radius 3 is 1.24 bits per heavy atom. The number of anilines is 2. The summed E-state index contributed by atoms with van der Waals surface area (Å²) in [7, 11) is 7.34. The molecule has 0 spiro atoms. The lowest BCUT2D eigenvalue weighted by molar-refractivity contribution is -0.295. The van der Waals surface area contributed by atoms with E-state index in [9.17, 15) is 63.6 Å². The van der Waals surface area contributed by atoms with Crippen LogP contribution in [0.3, 0.4) is 0 Å². The molecule has 4 aromatic rings. The lowest BCUT2D eigenvalue weighted by Gasteiger charge is -2.47. The molecule has 0 amide bonds. The number of pyridine rings is 2. The van der Waals surface area contributed by atoms with Gasteiger partial charge in [0.1, 0.15) is 70.0 Å². The molecule has 10 N–H and O–H groups in total. The van der Waals surface area contributed by atoms with Gasteiger partial charge in [0.05, 0.1) is 83.6 Å². The van der Waals surface area contributed by atoms with E-state index in [-0.39, 0.29) is 105 Å². The van der Waals surface area contributed by atoms with E-state index in [1.165, 1.54) is 80.8 Å². The van der Waals surface area contributed by atoms with Crippen LogP contribution in [0.15, 0.2) is 41.8 Å². The van der Waals surface area contributed by atoms with Crippen molar-refractivity contribution in [1.82, 2.24) is 38.5 Å². The van der Waals surface area contributed by atoms with Gasteiger partial charge >= 0.3 is 23.9 Å². The van der Waals surface area contributed by atoms with Crippen LogP contribution in [0.4, 0.5) is 11.9 Å². The number of ketones is 5. The van der Waals surface area contributed by atoms with Crippen LogP contribution < -0.4 is 17.4 Å². The zero-order valence-corrected chi connectivity index (χ0v) is 78.2. The number of rotatable bonds is 25. The Kier molecular flexibility index (Phi) is 39.8. The van der Waals surface area contributed by atoms with E-state index in [1.807, 2.05) is 77.0 Å². The molecule has 0 bridgehead atoms. The predicted molar refractivity (Wildman–Crippen MR) is 460 cm³/mol. The number of likely N-dealkylation sites (N-methyl/N-ethyl adjacent to an activating group) is 2. The minimum absolute atomic E-state index is 0.0378. The largest absolute Gasteiger partial charge is 0.459 e. The molecule has 37 nitrogen and oxygen atoms in total. The maximum Gasteiger partial charge on any atom is 0.316 e. The molecule has 0 aromatic carbocycles. The fraction of sp³-hybridized carbons (Fsp3) is 0.721. The van der Waals surface area contributed by atoms with Gasteiger partial charge in [-0.2, -0.15) is 18.7 Å². The van der Waals surface area contributed by atoms with E-state index >= 15 is 0 Å². The number of hydrogen-bond acceptors (Lipinski definition) is 39. The number of nitrogen functional groups attached to an aromatic ring is 2. The summed E-state index contributed by atoms with van der Waals surface area (Å²) in [5, 5.41) is 54.2. The second kappa shape index (κ2) is 46.9. The zero-order valence-electron chi connectivity index (χ0n) is 76.6. The second-order valence-electron chi connectivity index (χ2n) is 34.6. The summed E-state index contributed by atoms with van der Waals surface area (Å²) in [6.07, 6.45) is -7.79. The van der Waals surface area contributed by atoms with Gasteiger partial charge in [0.2, 0.25) is 11.9 Å². The number of aliphatic hydroxyl groups is 4. The Hall–Kier alpha value is -7.84. The molecule has 0 unspecified atom stereocenters. The molecule has 8 heterocycles. The van der Waals surface area contributed by atoms with Gasteiger partial charge in [-0.05, 0) is 176 Å². The third-order valence-electron chi connectivity index (χ3n) is 23.5. The number of ether oxygens (including phenoxy) is 10. The summed E-state index contributed by atoms with van der Waals surface area (Å²) in [5.41, 5.74) is 6.89. The third kappa shape index (κ3) is 28.3. The first kappa shape index (κ1) is 106. The van der Waals surface area contributed by atoms with Gasteiger partial charge in [0.15, 0.2) is 48.7 Å². The van der Waals surface area contributed by atoms with Gasteiger partial charge in [-0.3, -0.25) is 58.0 Å². The maximum absolute atomic E-state index is 14.5. The summed E-state index contributed by atoms with van der Waals surface area (Å²) >= 11 is 2.40. The van der Waals surface area contributed by atoms with Crippen LogP contribution in [0, 0.1) is 47.3 Å². The number of hydrogen-bond donors (Lipinski definition) is 7. The number of carbonyl (C=O) groups excluding carboxylic acids is 9. The molecule has 4 saturated heterocycles. The third-order valence-corrected chi connectivity index (χ3v) is 25.1. The standard InChI is InChI=1S/C43H66N6O12S.C35H59NO12.C8H9N5OS/c1-13-29(47-57-21-30-16-15-28(19-45-30)38-46-41(44)48-62-38)20-56-37-24(5)33(51)22(3)18-42(9,54)36(25(6)34(52)26(7)39(53)60-32(14-2)43(37,10)55)61-40-35(59-27(8)50)31(49(11)12)17-23(4)58-40;1-13-24(38)17-44-31-20(5)27(39)18(3)16-34(9,42)30(21(6)28(40)22(7)32(41)47-26(14-2)35(31,10)43)48-33-29(46-23(8)37)25(36(11)12)15-19(4)45-33;9-8-12-7(15-13-8)5-1-2-6(4-14-10)11-3-5/h15-16,19,22-26,31-32,35-37,40,54-55H,13-14,17-18,20-21H2,1-12H3,(H2,44,48);18-22,25-26,29-31,33,42-43H,13-17H2,1-12H3;1-3H,4,10H2,(H2,9,13)/t22-,23-,24+,25+,26-,31+,32-,35-,36-,37-,40+,42-,43-;18-,19-,20+,21+,22-,25+,26-,29-,30-,31-,33+,34-,35-;/m11./s1. The van der Waals surface area contributed by atoms with Crippen LogP contribution in [0.2, 0.25) is 0 Å². The Labute approximate surface area is 740 Å². The Morgan fingerprint density at radius 2 is 0.920 bits per heavy atom. The van der Waals surface area contributed by atoms with Crippen molar-refractivity contribution in [3.8, 4) is 21.1 Å². The maximum atomic E-state index is 14.5. The van der Waals surface area contributed by atoms with Crippen molar-refractivity contribution < 1.29 is 121 Å². The Balaban J connectivity index is 0.000000337. The number of esters is 4. The average Bonchev–Trinajstić information content (AvgIpc) is 1.27. The molecule has 700 valence electrons. The molecule has 125 heavy (non-hydrogen) atoms. The van der Waals surface area contributed by atoms with E-state index in [0.29, 0.717) is 42.3 Å². The molecule has 4 aliphatic rings. The van der Waals surface area contributed by atoms with Gasteiger partial charge in [-0.1, -0.05) is 74.4 Å². The molecule has 4 aromatic heterocycles. The van der Waals surface area contributed by atoms with Crippen molar-refractivity contribution in [1.29, 1.82) is 0 Å². The quantitative estimate of drug-likeness (QED) is 0.0112. The normalized spacial score (nSPS) is 33.9. The van der Waals surface area contributed by atoms with E-state index in [2.05, 4.69) is 38.7 Å². The first-order chi connectivity index (χ1) is 58.4. The molecular formula is C86H134N12O25S2. The van der Waals surface area contributed by atoms with Gasteiger partial charge < -0.3 is 93.9 Å². The summed E-state index contributed by atoms with van der Waals surface area (Å²) < 4.78 is 68.5. The number of nitrogens with two attached hydrogens (primary N) is 3. The topological polar surface area (TPSA) is 520 Å². The van der Waals surface area contributed by atoms with Gasteiger partial charge in [0.25, 0.3) is 0 Å². The van der Waals surface area contributed by atoms with Crippen molar-refractivity contribution in [3.63, 3.8) is 0 Å². The van der Waals surface area contributed by atoms with Crippen LogP contribution >= 0.6 is 23.1 Å². The van der Waals surface area contributed by atoms with E-state index in [1.54, 1.807) is 66.9 Å². The van der Waals surface area contributed by atoms with Crippen molar-refractivity contribution in [2.24, 2.45) is 58.4 Å². The SMILES string of the molecule is CCC(=O)CO[C@@H]1[C@@H](C)C(=O)[C@H](C)C[C@@](C)(O)[C@H](O[C@@H]2O[C@H](C)C[C@H](N(C)C)[C@H]2OC(C)=O)[C@@H](C)C(=O)[C@@H](C)C(=O)O[C@H](CC)[C@@]1(C)O.CCC(CO[C@@H]1[C@@H](C)C(=O)[C@H](C)C[C@@](C)(O)[C@H](O[C@@H]2O[C@H](C)C[C@H](N(C)C)[C@H]2OC(C)=O)[C@@H](C)C(=O)[C@@H](C)C(=O)O[C@H](CC)[C@@]1(C)O)=NOCc1ccc(-c2nc(N)ns2)cn1.NOCc1ccc(-c2nc(N)ns2)cn1. The fourth-order valence-electron chi connectivity index (χ4n) is 16.6. The molecule has 0 aliphatic carbocycles. The highest BCUT2D eigenvalue weighted by atomic mass is 32.1. The van der Waals surface area contributed by atoms with Crippen LogP contribution in [0.1, 0.15) is 201 Å². The molecule has 0 radical (unpaired) electrons. The molecule has 0 saturated carbocycles. The minimum Gasteiger partial charge on any atom is -0.459 e. The smallest absolute Gasteiger partial charge is 0.316 e. The van der Waals surface area contributed by atoms with E-state index < -0.39 is 167 Å². The van der Waals surface area contributed by atoms with Crippen molar-refractivity contribution >= 4 is 93.5 Å². The monoisotopic (exact) mass is 1800 g/mol. The molecular weight excluding hydrogens is 1670 g/mol. The fourth-order valence-corrected chi connectivity index (χ4v) is 17.8. The summed E-state index contributed by atoms with van der Waals surface area (Å²) in [6.45, 7) is 30.9. The molecule has 4 fully saturated rings. The van der Waals surface area contributed by atoms with Crippen molar-refractivity contribution in [2.75, 3.05) is 52.9 Å². The van der Waals surface area contributed by atoms with Crippen molar-refractivity contribution in [2.45, 2.75) is 311 Å². The highest BCUT2D eigenvalue weighted by Crippen LogP contribution is 2.42. The minimum atomic E-state index is -1.95. The molecule has 26 atom stereocenters. The predicted octanol–water partition coefficient (Wildman–Crippen LogP) is 7.36. The van der Waals surface area contributed by atoms with Crippen LogP contribution in [0.5, 0.6) is 0 Å². The van der Waals surface area contributed by atoms with Gasteiger partial charge in [0, 0.05) is 79.3 Å². The van der Waals surface area contributed by atoms with Crippen LogP contribution in [-0.4, -0.2) is 267 Å². The summed E-state index contributed by atoms with van der Waals surface area (Å²) in [4.78, 5) is 151. The van der Waals surface area contributed by atoms with Gasteiger partial charge in [-0.15, -0.1) is 0 Å². The number of nitrogens with zero attached hydrogens (tertiary/aromatic N) is 9. The van der Waals surface area contributed by atoms with Crippen LogP contribution in [0.25, 0.3) is 21.1 Å². The Morgan fingerprint density at radius 1 is 0.544 bits per heavy atom. The first-order valence-corrected chi connectivity index (χ1v) is 44.0. The number of aromatic nitrogens is 6. The summed E-state index contributed by atoms with van der Waals surface area (Å²) in [6, 6.07) is 6.63. The molecule has 4 aliphatic heterocycles. The number of Topliss-reactive ketones (excluding diaryl/α,β-unsaturated/α-hetero) is 5. The van der Waals surface area contributed by atoms with Gasteiger partial charge in [-0.25, -0.2) is 5.90 Å². The average molecular weight is 1800 g/mol. The lowest BCUT2D eigenvalue weighted by Crippen LogP contribution is -2.60. The first-order valence-electron chi connectivity index (χ1n) is 42.5. The number of carbonyl (C=O) groups is 9. The number of cyclic esters (lactones) is 2. The zero-order chi connectivity index (χ0) is 93.8. The molecule has 8 rings (SSSR count). The highest BCUT2D eigenvalue weighted by molar-refractivity contribution is 7.09. The second-order valence-corrected chi connectivity index (χ2v) is 36.1. The van der Waals surface area contributed by atoms with Crippen LogP contribution in [-0.2, 0) is 113 Å². The molecule has 39 heteroatoms. The lowest BCUT2D eigenvalue weighted by atomic mass is 9.74. The van der Waals surface area contributed by atoms with Crippen molar-refractivity contribution in [3.05, 3.63) is 48.0 Å². The summed E-state index contributed by atoms with van der Waals surface area (Å²) in [5.74, 6) is -8.48. The highest BCUT2D eigenvalue weighted by Gasteiger charge is 2.56. The van der Waals surface area contributed by atoms with E-state index in [4.69, 9.17) is 69.6 Å².